The molecule has 2 heterocycles. The van der Waals surface area contributed by atoms with Crippen LogP contribution in [0.25, 0.3) is 0 Å². The van der Waals surface area contributed by atoms with E-state index in [1.165, 1.54) is 39.9 Å². The quantitative estimate of drug-likeness (QED) is 0.111. The number of amides is 1. The molecular formula is C32H43N3O10S3. The summed E-state index contributed by atoms with van der Waals surface area (Å²) in [7, 11) is 7.37. The number of carbonyl (C=O) groups excluding carboxylic acids is 2. The zero-order valence-corrected chi connectivity index (χ0v) is 29.9. The summed E-state index contributed by atoms with van der Waals surface area (Å²) < 4.78 is 35.5. The molecule has 6 N–H and O–H groups in total. The van der Waals surface area contributed by atoms with E-state index in [1.54, 1.807) is 30.9 Å². The van der Waals surface area contributed by atoms with Gasteiger partial charge in [0.2, 0.25) is 0 Å². The van der Waals surface area contributed by atoms with Crippen molar-refractivity contribution >= 4 is 43.3 Å². The molecule has 0 aromatic carbocycles. The molecule has 48 heavy (non-hydrogen) atoms. The van der Waals surface area contributed by atoms with Gasteiger partial charge >= 0.3 is 6.09 Å². The topological polar surface area (TPSA) is 180 Å². The van der Waals surface area contributed by atoms with Crippen LogP contribution in [-0.2, 0) is 33.2 Å². The summed E-state index contributed by atoms with van der Waals surface area (Å²) in [5.74, 6) is 11.2. The molecule has 10 atom stereocenters. The Morgan fingerprint density at radius 2 is 2.04 bits per heavy atom. The highest BCUT2D eigenvalue weighted by Crippen LogP contribution is 2.41. The fraction of sp³-hybridized carbons (Fsp3) is 0.625. The van der Waals surface area contributed by atoms with Crippen molar-refractivity contribution in [2.24, 2.45) is 5.73 Å². The molecule has 2 bridgehead atoms. The molecule has 0 aromatic heterocycles. The Balaban J connectivity index is 1.77. The van der Waals surface area contributed by atoms with Crippen molar-refractivity contribution in [2.45, 2.75) is 87.5 Å². The molecule has 0 saturated carbocycles. The van der Waals surface area contributed by atoms with Crippen LogP contribution >= 0.6 is 31.4 Å². The number of aliphatic hydroxyl groups excluding tert-OH is 1. The number of aliphatic hydroxyl groups is 2. The molecule has 2 fully saturated rings. The first kappa shape index (κ1) is 38.8. The zero-order valence-electron chi connectivity index (χ0n) is 27.4. The number of methoxy groups -OCH3 is 2. The highest BCUT2D eigenvalue weighted by Gasteiger charge is 2.49. The predicted octanol–water partition coefficient (Wildman–Crippen LogP) is 1.41. The molecule has 4 aliphatic rings. The molecular weight excluding hydrogens is 683 g/mol. The molecule has 0 radical (unpaired) electrons. The number of carbonyl (C=O) groups is 2. The van der Waals surface area contributed by atoms with E-state index in [4.69, 9.17) is 34.2 Å². The number of fused-ring (bicyclic) bond motifs is 2. The van der Waals surface area contributed by atoms with Gasteiger partial charge in [0.15, 0.2) is 24.0 Å². The minimum atomic E-state index is -1.93. The predicted molar refractivity (Wildman–Crippen MR) is 184 cm³/mol. The first-order chi connectivity index (χ1) is 23.1. The Labute approximate surface area is 292 Å². The fourth-order valence-corrected chi connectivity index (χ4v) is 8.17. The number of allylic oxidation sites excluding steroid dienone is 3. The van der Waals surface area contributed by atoms with Gasteiger partial charge in [-0.1, -0.05) is 58.3 Å². The van der Waals surface area contributed by atoms with Gasteiger partial charge in [0, 0.05) is 30.4 Å². The second kappa shape index (κ2) is 18.3. The van der Waals surface area contributed by atoms with Crippen LogP contribution in [0, 0.1) is 23.7 Å². The monoisotopic (exact) mass is 725 g/mol. The lowest BCUT2D eigenvalue weighted by molar-refractivity contribution is -0.323. The summed E-state index contributed by atoms with van der Waals surface area (Å²) in [6.45, 7) is 4.71. The maximum atomic E-state index is 13.6. The lowest BCUT2D eigenvalue weighted by atomic mass is 9.75. The Bertz CT molecular complexity index is 1390. The summed E-state index contributed by atoms with van der Waals surface area (Å²) >= 11 is 0. The highest BCUT2D eigenvalue weighted by molar-refractivity contribution is 9.09. The number of hydrogen-bond donors (Lipinski definition) is 5. The van der Waals surface area contributed by atoms with Gasteiger partial charge in [-0.2, -0.15) is 0 Å². The van der Waals surface area contributed by atoms with Crippen LogP contribution in [0.3, 0.4) is 0 Å². The Hall–Kier alpha value is -2.03. The molecule has 4 rings (SSSR count). The summed E-state index contributed by atoms with van der Waals surface area (Å²) in [5.41, 5.74) is 4.52. The van der Waals surface area contributed by atoms with E-state index in [-0.39, 0.29) is 29.0 Å². The van der Waals surface area contributed by atoms with Gasteiger partial charge in [0.05, 0.1) is 50.1 Å². The summed E-state index contributed by atoms with van der Waals surface area (Å²) in [4.78, 5) is 26.1. The number of ether oxygens (including phenoxy) is 6. The van der Waals surface area contributed by atoms with Crippen molar-refractivity contribution in [1.29, 1.82) is 0 Å². The van der Waals surface area contributed by atoms with Crippen LogP contribution in [0.4, 0.5) is 4.79 Å². The number of nitrogens with one attached hydrogen (secondary N) is 2. The molecule has 16 heteroatoms. The molecule has 2 saturated heterocycles. The molecule has 1 unspecified atom stereocenters. The average Bonchev–Trinajstić information content (AvgIpc) is 3.06. The third-order valence-electron chi connectivity index (χ3n) is 8.16. The number of nitrogens with two attached hydrogens (primary N) is 1. The molecule has 2 aliphatic heterocycles. The molecule has 0 aromatic rings. The Morgan fingerprint density at radius 1 is 1.27 bits per heavy atom. The minimum absolute atomic E-state index is 0.0518. The van der Waals surface area contributed by atoms with Gasteiger partial charge in [-0.05, 0) is 41.7 Å². The number of alkyl carbamates (subject to hydrolysis) is 1. The smallest absolute Gasteiger partial charge is 0.411 e. The second-order valence-electron chi connectivity index (χ2n) is 11.2. The third-order valence-corrected chi connectivity index (χ3v) is 11.9. The number of Topliss-reactive ketones (excluding diaryl/α,β-unsaturated/α-hetero) is 1. The lowest BCUT2D eigenvalue weighted by Crippen LogP contribution is -2.63. The molecule has 1 amide bonds. The number of ketones is 1. The number of likely N-dealkylation sites (N-methyl/N-ethyl adjacent to an activating group) is 1. The van der Waals surface area contributed by atoms with Gasteiger partial charge in [-0.3, -0.25) is 10.1 Å². The van der Waals surface area contributed by atoms with Crippen molar-refractivity contribution in [1.82, 2.24) is 10.6 Å². The summed E-state index contributed by atoms with van der Waals surface area (Å²) in [5, 5.41) is 29.1. The number of hydrogen-bond acceptors (Lipinski definition) is 15. The highest BCUT2D eigenvalue weighted by atomic mass is 33.5. The van der Waals surface area contributed by atoms with E-state index in [0.29, 0.717) is 18.8 Å². The van der Waals surface area contributed by atoms with Crippen molar-refractivity contribution in [3.05, 3.63) is 35.1 Å². The average molecular weight is 726 g/mol. The molecule has 0 spiro atoms. The summed E-state index contributed by atoms with van der Waals surface area (Å²) in [6, 6.07) is -0.887. The van der Waals surface area contributed by atoms with Gasteiger partial charge in [-0.15, -0.1) is 0 Å². The van der Waals surface area contributed by atoms with Crippen LogP contribution in [0.1, 0.15) is 26.7 Å². The van der Waals surface area contributed by atoms with E-state index >= 15 is 0 Å². The minimum Gasteiger partial charge on any atom is -0.453 e. The second-order valence-corrected chi connectivity index (χ2v) is 15.6. The standard InChI is InChI=1S/C32H43N3O10S3/c1-6-34-20-17-42-24(15-23(20)40-3)45-29-28(37)26(33)18(2)43-30(29)44-22-11-9-7-8-10-13-32(39)16-21(36)27(35-31(38)41-4)25(22)19(32)12-14-47-48-46-5/h7-8,12,18,20,22-24,26,28-30,34,37,39H,6,14-17,33H2,1-5H3,(H,35,38)/b8-7-,19-12-/t18-,20+,22?,23+,24+,26-,28+,29-,30+,32+/m1/s1. The zero-order chi connectivity index (χ0) is 34.8. The van der Waals surface area contributed by atoms with Gasteiger partial charge in [0.1, 0.15) is 18.3 Å². The van der Waals surface area contributed by atoms with Crippen molar-refractivity contribution < 1.29 is 48.2 Å². The van der Waals surface area contributed by atoms with Gasteiger partial charge in [-0.25, -0.2) is 4.79 Å². The van der Waals surface area contributed by atoms with Crippen LogP contribution in [0.2, 0.25) is 0 Å². The van der Waals surface area contributed by atoms with Gasteiger partial charge in [0.25, 0.3) is 0 Å². The molecule has 13 nitrogen and oxygen atoms in total. The fourth-order valence-electron chi connectivity index (χ4n) is 5.76. The summed E-state index contributed by atoms with van der Waals surface area (Å²) in [6.07, 6.45) is -1.11. The van der Waals surface area contributed by atoms with Gasteiger partial charge < -0.3 is 49.7 Å². The lowest BCUT2D eigenvalue weighted by Gasteiger charge is -2.45. The molecule has 264 valence electrons. The number of rotatable bonds is 12. The van der Waals surface area contributed by atoms with E-state index in [2.05, 4.69) is 34.3 Å². The van der Waals surface area contributed by atoms with E-state index < -0.39 is 66.9 Å². The SMILES string of the molecule is CCN[C@H]1CO[C@@H](O[C@H]2[C@H](OC3C#C/C=C\C#C[C@]4(O)CC(=O)C(NC(=O)OC)=C3/C4=C/CSSSC)O[C@H](C)[C@@H](N)[C@@H]2O)C[C@@H]1OC. The van der Waals surface area contributed by atoms with E-state index in [0.717, 1.165) is 6.54 Å². The van der Waals surface area contributed by atoms with Crippen molar-refractivity contribution in [2.75, 3.05) is 39.4 Å². The maximum Gasteiger partial charge on any atom is 0.411 e. The van der Waals surface area contributed by atoms with Crippen LogP contribution < -0.4 is 16.4 Å². The Kier molecular flexibility index (Phi) is 14.8. The van der Waals surface area contributed by atoms with Crippen LogP contribution in [-0.4, -0.2) is 122 Å². The van der Waals surface area contributed by atoms with Crippen molar-refractivity contribution in [3.63, 3.8) is 0 Å². The van der Waals surface area contributed by atoms with Crippen LogP contribution in [0.5, 0.6) is 0 Å². The maximum absolute atomic E-state index is 13.6. The molecule has 2 aliphatic carbocycles. The normalized spacial score (nSPS) is 36.4. The van der Waals surface area contributed by atoms with E-state index in [9.17, 15) is 19.8 Å². The van der Waals surface area contributed by atoms with Crippen molar-refractivity contribution in [3.8, 4) is 23.7 Å². The van der Waals surface area contributed by atoms with Crippen LogP contribution in [0.15, 0.2) is 35.1 Å². The first-order valence-electron chi connectivity index (χ1n) is 15.4. The first-order valence-corrected chi connectivity index (χ1v) is 19.5. The Morgan fingerprint density at radius 3 is 2.75 bits per heavy atom. The largest absolute Gasteiger partial charge is 0.453 e. The van der Waals surface area contributed by atoms with E-state index in [1.807, 2.05) is 13.2 Å². The third kappa shape index (κ3) is 9.39.